The number of hydrogen-bond donors (Lipinski definition) is 1. The summed E-state index contributed by atoms with van der Waals surface area (Å²) in [6.45, 7) is 6.96. The SMILES string of the molecule is CC(C)(C)OC(=O)N1CCN(c2ccc3c(C(=O)NCC(c4cnc(C(F)(F)F)nc4)N4CCCC(F)(F)C4)cccc3n2)CC1. The number of amides is 2. The highest BCUT2D eigenvalue weighted by molar-refractivity contribution is 6.06. The lowest BCUT2D eigenvalue weighted by molar-refractivity contribution is -0.145. The lowest BCUT2D eigenvalue weighted by atomic mass is 10.0. The number of nitrogens with zero attached hydrogens (tertiary/aromatic N) is 6. The van der Waals surface area contributed by atoms with E-state index in [1.165, 1.54) is 4.90 Å². The van der Waals surface area contributed by atoms with Crippen molar-refractivity contribution >= 4 is 28.7 Å². The Kier molecular flexibility index (Phi) is 9.34. The number of nitrogens with one attached hydrogen (secondary N) is 1. The summed E-state index contributed by atoms with van der Waals surface area (Å²) in [7, 11) is 0. The first-order valence-corrected chi connectivity index (χ1v) is 15.0. The molecular formula is C31H36F5N7O3. The quantitative estimate of drug-likeness (QED) is 0.359. The number of anilines is 1. The van der Waals surface area contributed by atoms with Gasteiger partial charge in [-0.3, -0.25) is 9.69 Å². The van der Waals surface area contributed by atoms with Crippen molar-refractivity contribution in [3.63, 3.8) is 0 Å². The molecule has 2 aromatic heterocycles. The molecule has 10 nitrogen and oxygen atoms in total. The molecule has 2 aliphatic rings. The lowest BCUT2D eigenvalue weighted by Gasteiger charge is -2.38. The number of carbonyl (C=O) groups excluding carboxylic acids is 2. The van der Waals surface area contributed by atoms with Gasteiger partial charge in [0.2, 0.25) is 5.82 Å². The monoisotopic (exact) mass is 649 g/mol. The van der Waals surface area contributed by atoms with Gasteiger partial charge in [-0.1, -0.05) is 6.07 Å². The Hall–Kier alpha value is -4.14. The van der Waals surface area contributed by atoms with E-state index in [-0.39, 0.29) is 37.6 Å². The van der Waals surface area contributed by atoms with Crippen molar-refractivity contribution in [2.24, 2.45) is 0 Å². The third-order valence-corrected chi connectivity index (χ3v) is 7.85. The van der Waals surface area contributed by atoms with Gasteiger partial charge in [0.15, 0.2) is 0 Å². The van der Waals surface area contributed by atoms with Gasteiger partial charge in [0.1, 0.15) is 11.4 Å². The van der Waals surface area contributed by atoms with E-state index in [4.69, 9.17) is 9.72 Å². The molecule has 1 N–H and O–H groups in total. The number of piperidine rings is 1. The Morgan fingerprint density at radius 3 is 2.33 bits per heavy atom. The van der Waals surface area contributed by atoms with Crippen LogP contribution in [0.1, 0.15) is 61.4 Å². The van der Waals surface area contributed by atoms with Gasteiger partial charge in [-0.15, -0.1) is 0 Å². The van der Waals surface area contributed by atoms with Gasteiger partial charge in [0, 0.05) is 68.1 Å². The Bertz CT molecular complexity index is 1550. The number of piperazine rings is 1. The van der Waals surface area contributed by atoms with Crippen LogP contribution in [0, 0.1) is 0 Å². The maximum Gasteiger partial charge on any atom is 0.451 e. The smallest absolute Gasteiger partial charge is 0.444 e. The molecule has 1 atom stereocenters. The molecule has 2 saturated heterocycles. The van der Waals surface area contributed by atoms with E-state index in [0.717, 1.165) is 12.4 Å². The zero-order valence-electron chi connectivity index (χ0n) is 25.8. The average Bonchev–Trinajstić information content (AvgIpc) is 2.99. The minimum absolute atomic E-state index is 0.159. The second kappa shape index (κ2) is 12.9. The Labute approximate surface area is 262 Å². The number of pyridine rings is 1. The molecular weight excluding hydrogens is 613 g/mol. The Balaban J connectivity index is 1.30. The first-order valence-electron chi connectivity index (χ1n) is 15.0. The lowest BCUT2D eigenvalue weighted by Crippen LogP contribution is -2.50. The number of aromatic nitrogens is 3. The maximum atomic E-state index is 14.3. The zero-order valence-corrected chi connectivity index (χ0v) is 25.8. The van der Waals surface area contributed by atoms with Crippen molar-refractivity contribution in [3.8, 4) is 0 Å². The average molecular weight is 650 g/mol. The fourth-order valence-corrected chi connectivity index (χ4v) is 5.62. The van der Waals surface area contributed by atoms with Gasteiger partial charge >= 0.3 is 12.3 Å². The largest absolute Gasteiger partial charge is 0.451 e. The molecule has 0 aliphatic carbocycles. The van der Waals surface area contributed by atoms with E-state index < -0.39 is 42.0 Å². The number of rotatable bonds is 6. The number of hydrogen-bond acceptors (Lipinski definition) is 8. The minimum Gasteiger partial charge on any atom is -0.444 e. The van der Waals surface area contributed by atoms with Gasteiger partial charge < -0.3 is 19.9 Å². The molecule has 0 radical (unpaired) electrons. The summed E-state index contributed by atoms with van der Waals surface area (Å²) in [6.07, 6.45) is -3.29. The van der Waals surface area contributed by atoms with Crippen LogP contribution in [0.2, 0.25) is 0 Å². The predicted octanol–water partition coefficient (Wildman–Crippen LogP) is 5.30. The normalized spacial score (nSPS) is 18.3. The minimum atomic E-state index is -4.75. The second-order valence-electron chi connectivity index (χ2n) is 12.5. The topological polar surface area (TPSA) is 104 Å². The molecule has 15 heteroatoms. The van der Waals surface area contributed by atoms with Crippen LogP contribution in [0.5, 0.6) is 0 Å². The maximum absolute atomic E-state index is 14.3. The number of benzene rings is 1. The number of alkyl halides is 5. The summed E-state index contributed by atoms with van der Waals surface area (Å²) < 4.78 is 73.3. The predicted molar refractivity (Wildman–Crippen MR) is 160 cm³/mol. The highest BCUT2D eigenvalue weighted by atomic mass is 19.4. The number of halogens is 5. The Morgan fingerprint density at radius 1 is 1.00 bits per heavy atom. The van der Waals surface area contributed by atoms with Gasteiger partial charge in [-0.2, -0.15) is 13.2 Å². The molecule has 0 saturated carbocycles. The van der Waals surface area contributed by atoms with E-state index in [0.29, 0.717) is 48.5 Å². The van der Waals surface area contributed by atoms with E-state index in [9.17, 15) is 31.5 Å². The van der Waals surface area contributed by atoms with Crippen molar-refractivity contribution in [1.82, 2.24) is 30.1 Å². The van der Waals surface area contributed by atoms with Crippen LogP contribution in [-0.4, -0.2) is 94.1 Å². The molecule has 46 heavy (non-hydrogen) atoms. The van der Waals surface area contributed by atoms with Crippen molar-refractivity contribution < 1.29 is 36.3 Å². The molecule has 3 aromatic rings. The summed E-state index contributed by atoms with van der Waals surface area (Å²) in [6, 6.07) is 7.76. The number of fused-ring (bicyclic) bond motifs is 1. The van der Waals surface area contributed by atoms with E-state index >= 15 is 0 Å². The fourth-order valence-electron chi connectivity index (χ4n) is 5.62. The molecule has 0 bridgehead atoms. The highest BCUT2D eigenvalue weighted by Crippen LogP contribution is 2.33. The zero-order chi connectivity index (χ0) is 33.3. The molecule has 2 amide bonds. The van der Waals surface area contributed by atoms with Crippen LogP contribution < -0.4 is 10.2 Å². The van der Waals surface area contributed by atoms with Gasteiger partial charge in [0.25, 0.3) is 11.8 Å². The summed E-state index contributed by atoms with van der Waals surface area (Å²) in [5, 5.41) is 3.34. The van der Waals surface area contributed by atoms with Crippen LogP contribution in [0.3, 0.4) is 0 Å². The first-order chi connectivity index (χ1) is 21.6. The van der Waals surface area contributed by atoms with E-state index in [1.54, 1.807) is 35.2 Å². The molecule has 5 rings (SSSR count). The van der Waals surface area contributed by atoms with E-state index in [2.05, 4.69) is 15.3 Å². The summed E-state index contributed by atoms with van der Waals surface area (Å²) in [4.78, 5) is 42.5. The summed E-state index contributed by atoms with van der Waals surface area (Å²) >= 11 is 0. The third-order valence-electron chi connectivity index (χ3n) is 7.85. The standard InChI is InChI=1S/C31H36F5N7O3/c1-29(2,3)46-28(45)42-14-12-41(13-15-42)25-9-8-21-22(6-4-7-23(21)40-25)26(44)37-18-24(43-11-5-10-30(32,33)19-43)20-16-38-27(39-17-20)31(34,35)36/h4,6-9,16-17,24H,5,10-15,18-19H2,1-3H3,(H,37,44). The van der Waals surface area contributed by atoms with Crippen LogP contribution >= 0.6 is 0 Å². The number of ether oxygens (including phenoxy) is 1. The molecule has 2 fully saturated rings. The molecule has 1 aromatic carbocycles. The van der Waals surface area contributed by atoms with Gasteiger partial charge in [-0.25, -0.2) is 28.5 Å². The van der Waals surface area contributed by atoms with Crippen molar-refractivity contribution in [3.05, 3.63) is 59.7 Å². The van der Waals surface area contributed by atoms with E-state index in [1.807, 2.05) is 25.7 Å². The van der Waals surface area contributed by atoms with Crippen LogP contribution in [-0.2, 0) is 10.9 Å². The molecule has 4 heterocycles. The fraction of sp³-hybridized carbons (Fsp3) is 0.516. The van der Waals surface area contributed by atoms with Gasteiger partial charge in [0.05, 0.1) is 18.1 Å². The van der Waals surface area contributed by atoms with Crippen molar-refractivity contribution in [2.45, 2.75) is 57.4 Å². The molecule has 248 valence electrons. The van der Waals surface area contributed by atoms with Crippen LogP contribution in [0.25, 0.3) is 10.9 Å². The number of likely N-dealkylation sites (tertiary alicyclic amines) is 1. The van der Waals surface area contributed by atoms with Crippen LogP contribution in [0.15, 0.2) is 42.7 Å². The van der Waals surface area contributed by atoms with Crippen LogP contribution in [0.4, 0.5) is 32.6 Å². The second-order valence-corrected chi connectivity index (χ2v) is 12.5. The molecule has 0 spiro atoms. The van der Waals surface area contributed by atoms with Crippen molar-refractivity contribution in [1.29, 1.82) is 0 Å². The first kappa shape index (κ1) is 33.2. The molecule has 2 aliphatic heterocycles. The third kappa shape index (κ3) is 7.98. The highest BCUT2D eigenvalue weighted by Gasteiger charge is 2.39. The summed E-state index contributed by atoms with van der Waals surface area (Å²) in [5.41, 5.74) is 0.459. The number of carbonyl (C=O) groups is 2. The van der Waals surface area contributed by atoms with Gasteiger partial charge in [-0.05, 0) is 58.0 Å². The summed E-state index contributed by atoms with van der Waals surface area (Å²) in [5.74, 6) is -4.13. The van der Waals surface area contributed by atoms with Crippen molar-refractivity contribution in [2.75, 3.05) is 50.7 Å². The molecule has 1 unspecified atom stereocenters. The Morgan fingerprint density at radius 2 is 1.70 bits per heavy atom.